The fourth-order valence-electron chi connectivity index (χ4n) is 0.816. The zero-order chi connectivity index (χ0) is 10.8. The Bertz CT molecular complexity index is 458. The molecule has 0 spiro atoms. The first kappa shape index (κ1) is 10.9. The molecule has 14 heavy (non-hydrogen) atoms. The number of sulfonamides is 1. The van der Waals surface area contributed by atoms with Crippen LogP contribution in [0, 0.1) is 0 Å². The van der Waals surface area contributed by atoms with Crippen LogP contribution in [-0.4, -0.2) is 19.3 Å². The van der Waals surface area contributed by atoms with E-state index in [2.05, 4.69) is 4.98 Å². The predicted octanol–water partition coefficient (Wildman–Crippen LogP) is 0.560. The minimum Gasteiger partial charge on any atom is -0.274 e. The Hall–Kier alpha value is -1.14. The molecular formula is C7H7ClN2O3S. The Morgan fingerprint density at radius 3 is 2.71 bits per heavy atom. The number of carbonyl (C=O) groups is 1. The number of amides is 1. The van der Waals surface area contributed by atoms with Gasteiger partial charge in [-0.15, -0.1) is 0 Å². The normalized spacial score (nSPS) is 11.0. The van der Waals surface area contributed by atoms with Gasteiger partial charge in [-0.25, -0.2) is 18.1 Å². The fraction of sp³-hybridized carbons (Fsp3) is 0.143. The molecule has 1 rings (SSSR count). The SMILES string of the molecule is CC(=O)NS(=O)(=O)c1cccnc1Cl. The summed E-state index contributed by atoms with van der Waals surface area (Å²) in [5.41, 5.74) is 0. The van der Waals surface area contributed by atoms with Gasteiger partial charge in [0.2, 0.25) is 5.91 Å². The molecule has 5 nitrogen and oxygen atoms in total. The lowest BCUT2D eigenvalue weighted by Gasteiger charge is -2.04. The maximum absolute atomic E-state index is 11.4. The standard InChI is InChI=1S/C7H7ClN2O3S/c1-5(11)10-14(12,13)6-3-2-4-9-7(6)8/h2-4H,1H3,(H,10,11). The molecule has 1 aromatic rings. The molecule has 0 fully saturated rings. The Morgan fingerprint density at radius 2 is 2.21 bits per heavy atom. The molecule has 0 bridgehead atoms. The summed E-state index contributed by atoms with van der Waals surface area (Å²) in [6.45, 7) is 1.10. The number of aromatic nitrogens is 1. The van der Waals surface area contributed by atoms with Gasteiger partial charge in [-0.1, -0.05) is 11.6 Å². The molecule has 0 aromatic carbocycles. The van der Waals surface area contributed by atoms with Gasteiger partial charge in [0, 0.05) is 13.1 Å². The molecule has 0 saturated carbocycles. The highest BCUT2D eigenvalue weighted by molar-refractivity contribution is 7.90. The van der Waals surface area contributed by atoms with E-state index in [0.717, 1.165) is 6.92 Å². The quantitative estimate of drug-likeness (QED) is 0.759. The van der Waals surface area contributed by atoms with Crippen molar-refractivity contribution in [1.29, 1.82) is 0 Å². The van der Waals surface area contributed by atoms with Crippen molar-refractivity contribution in [2.24, 2.45) is 0 Å². The van der Waals surface area contributed by atoms with E-state index in [1.165, 1.54) is 18.3 Å². The molecule has 0 saturated heterocycles. The average Bonchev–Trinajstić information content (AvgIpc) is 2.02. The van der Waals surface area contributed by atoms with E-state index in [4.69, 9.17) is 11.6 Å². The highest BCUT2D eigenvalue weighted by Crippen LogP contribution is 2.16. The van der Waals surface area contributed by atoms with Gasteiger partial charge in [-0.05, 0) is 12.1 Å². The summed E-state index contributed by atoms with van der Waals surface area (Å²) < 4.78 is 24.6. The summed E-state index contributed by atoms with van der Waals surface area (Å²) in [6, 6.07) is 2.68. The van der Waals surface area contributed by atoms with Crippen LogP contribution in [0.3, 0.4) is 0 Å². The maximum Gasteiger partial charge on any atom is 0.267 e. The van der Waals surface area contributed by atoms with Crippen molar-refractivity contribution in [2.75, 3.05) is 0 Å². The molecule has 1 aromatic heterocycles. The van der Waals surface area contributed by atoms with Gasteiger partial charge >= 0.3 is 0 Å². The van der Waals surface area contributed by atoms with E-state index in [1.54, 1.807) is 4.72 Å². The molecule has 0 atom stereocenters. The number of nitrogens with one attached hydrogen (secondary N) is 1. The van der Waals surface area contributed by atoms with Gasteiger partial charge in [-0.2, -0.15) is 0 Å². The average molecular weight is 235 g/mol. The summed E-state index contributed by atoms with van der Waals surface area (Å²) in [5.74, 6) is -0.676. The molecule has 7 heteroatoms. The first-order valence-corrected chi connectivity index (χ1v) is 5.43. The lowest BCUT2D eigenvalue weighted by atomic mass is 10.5. The number of hydrogen-bond donors (Lipinski definition) is 1. The number of hydrogen-bond acceptors (Lipinski definition) is 4. The molecular weight excluding hydrogens is 228 g/mol. The lowest BCUT2D eigenvalue weighted by molar-refractivity contribution is -0.117. The third-order valence-corrected chi connectivity index (χ3v) is 3.17. The summed E-state index contributed by atoms with van der Waals surface area (Å²) in [4.78, 5) is 14.0. The predicted molar refractivity (Wildman–Crippen MR) is 50.2 cm³/mol. The zero-order valence-corrected chi connectivity index (χ0v) is 8.76. The second-order valence-corrected chi connectivity index (χ2v) is 4.46. The number of rotatable bonds is 2. The third kappa shape index (κ3) is 2.43. The van der Waals surface area contributed by atoms with E-state index in [9.17, 15) is 13.2 Å². The minimum absolute atomic E-state index is 0.166. The first-order chi connectivity index (χ1) is 6.43. The molecule has 1 heterocycles. The number of carbonyl (C=O) groups excluding carboxylic acids is 1. The van der Waals surface area contributed by atoms with Crippen molar-refractivity contribution in [3.8, 4) is 0 Å². The van der Waals surface area contributed by atoms with Gasteiger partial charge in [0.05, 0.1) is 0 Å². The van der Waals surface area contributed by atoms with Crippen LogP contribution in [0.4, 0.5) is 0 Å². The summed E-state index contributed by atoms with van der Waals surface area (Å²) in [7, 11) is -3.88. The molecule has 1 amide bonds. The lowest BCUT2D eigenvalue weighted by Crippen LogP contribution is -2.28. The summed E-state index contributed by atoms with van der Waals surface area (Å²) >= 11 is 5.55. The van der Waals surface area contributed by atoms with E-state index >= 15 is 0 Å². The molecule has 1 N–H and O–H groups in total. The Morgan fingerprint density at radius 1 is 1.57 bits per heavy atom. The third-order valence-electron chi connectivity index (χ3n) is 1.29. The monoisotopic (exact) mass is 234 g/mol. The van der Waals surface area contributed by atoms with Gasteiger partial charge in [0.15, 0.2) is 0 Å². The van der Waals surface area contributed by atoms with Crippen LogP contribution >= 0.6 is 11.6 Å². The van der Waals surface area contributed by atoms with Crippen LogP contribution in [0.2, 0.25) is 5.15 Å². The molecule has 0 aliphatic carbocycles. The van der Waals surface area contributed by atoms with E-state index in [0.29, 0.717) is 0 Å². The van der Waals surface area contributed by atoms with Gasteiger partial charge in [0.1, 0.15) is 10.0 Å². The fourth-order valence-corrected chi connectivity index (χ4v) is 2.26. The molecule has 0 aliphatic rings. The van der Waals surface area contributed by atoms with Crippen LogP contribution in [0.5, 0.6) is 0 Å². The molecule has 76 valence electrons. The second-order valence-electron chi connectivity index (χ2n) is 2.45. The molecule has 0 unspecified atom stereocenters. The minimum atomic E-state index is -3.88. The molecule has 0 radical (unpaired) electrons. The highest BCUT2D eigenvalue weighted by Gasteiger charge is 2.18. The smallest absolute Gasteiger partial charge is 0.267 e. The van der Waals surface area contributed by atoms with Crippen LogP contribution in [-0.2, 0) is 14.8 Å². The first-order valence-electron chi connectivity index (χ1n) is 3.57. The largest absolute Gasteiger partial charge is 0.274 e. The number of halogens is 1. The van der Waals surface area contributed by atoms with Crippen molar-refractivity contribution in [2.45, 2.75) is 11.8 Å². The van der Waals surface area contributed by atoms with Gasteiger partial charge in [-0.3, -0.25) is 4.79 Å². The van der Waals surface area contributed by atoms with Crippen molar-refractivity contribution in [3.63, 3.8) is 0 Å². The number of nitrogens with zero attached hydrogens (tertiary/aromatic N) is 1. The second kappa shape index (κ2) is 3.93. The van der Waals surface area contributed by atoms with Gasteiger partial charge in [0.25, 0.3) is 10.0 Å². The maximum atomic E-state index is 11.4. The van der Waals surface area contributed by atoms with Crippen LogP contribution in [0.1, 0.15) is 6.92 Å². The van der Waals surface area contributed by atoms with E-state index < -0.39 is 15.9 Å². The van der Waals surface area contributed by atoms with Crippen molar-refractivity contribution in [3.05, 3.63) is 23.5 Å². The van der Waals surface area contributed by atoms with Crippen molar-refractivity contribution < 1.29 is 13.2 Å². The van der Waals surface area contributed by atoms with Crippen molar-refractivity contribution >= 4 is 27.5 Å². The van der Waals surface area contributed by atoms with E-state index in [1.807, 2.05) is 0 Å². The highest BCUT2D eigenvalue weighted by atomic mass is 35.5. The molecule has 0 aliphatic heterocycles. The van der Waals surface area contributed by atoms with E-state index in [-0.39, 0.29) is 10.0 Å². The topological polar surface area (TPSA) is 76.1 Å². The number of pyridine rings is 1. The van der Waals surface area contributed by atoms with Crippen LogP contribution in [0.25, 0.3) is 0 Å². The summed E-state index contributed by atoms with van der Waals surface area (Å²) in [5, 5.41) is -0.166. The van der Waals surface area contributed by atoms with Crippen LogP contribution in [0.15, 0.2) is 23.2 Å². The summed E-state index contributed by atoms with van der Waals surface area (Å²) in [6.07, 6.45) is 1.36. The van der Waals surface area contributed by atoms with Crippen LogP contribution < -0.4 is 4.72 Å². The van der Waals surface area contributed by atoms with Gasteiger partial charge < -0.3 is 0 Å². The van der Waals surface area contributed by atoms with Crippen molar-refractivity contribution in [1.82, 2.24) is 9.71 Å². The Balaban J connectivity index is 3.17. The Labute approximate surface area is 86.2 Å². The Kier molecular flexibility index (Phi) is 3.07. The zero-order valence-electron chi connectivity index (χ0n) is 7.19.